The van der Waals surface area contributed by atoms with Crippen molar-refractivity contribution in [2.45, 2.75) is 6.54 Å². The quantitative estimate of drug-likeness (QED) is 0.819. The van der Waals surface area contributed by atoms with Crippen LogP contribution in [0.4, 0.5) is 0 Å². The molecule has 2 N–H and O–H groups in total. The lowest BCUT2D eigenvalue weighted by atomic mass is 10.3. The molecule has 0 aliphatic heterocycles. The maximum atomic E-state index is 5.88. The molecule has 0 unspecified atom stereocenters. The van der Waals surface area contributed by atoms with Gasteiger partial charge in [-0.1, -0.05) is 17.7 Å². The average molecular weight is 208 g/mol. The molecule has 14 heavy (non-hydrogen) atoms. The summed E-state index contributed by atoms with van der Waals surface area (Å²) in [5.41, 5.74) is 7.33. The topological polar surface area (TPSA) is 43.8 Å². The first-order valence-corrected chi connectivity index (χ1v) is 4.66. The second-order valence-corrected chi connectivity index (χ2v) is 3.39. The smallest absolute Gasteiger partial charge is 0.0995 e. The Morgan fingerprint density at radius 3 is 2.93 bits per heavy atom. The van der Waals surface area contributed by atoms with Crippen molar-refractivity contribution in [1.82, 2.24) is 9.55 Å². The molecule has 1 heterocycles. The zero-order valence-corrected chi connectivity index (χ0v) is 8.28. The Kier molecular flexibility index (Phi) is 2.52. The van der Waals surface area contributed by atoms with E-state index in [-0.39, 0.29) is 0 Å². The number of benzene rings is 1. The highest BCUT2D eigenvalue weighted by Crippen LogP contribution is 2.14. The van der Waals surface area contributed by atoms with Crippen molar-refractivity contribution in [3.05, 3.63) is 47.5 Å². The second kappa shape index (κ2) is 3.82. The number of rotatable bonds is 2. The highest BCUT2D eigenvalue weighted by molar-refractivity contribution is 6.30. The minimum absolute atomic E-state index is 0.452. The third-order valence-corrected chi connectivity index (χ3v) is 2.19. The number of nitrogens with two attached hydrogens (primary N) is 1. The van der Waals surface area contributed by atoms with Gasteiger partial charge in [0.2, 0.25) is 0 Å². The zero-order valence-electron chi connectivity index (χ0n) is 7.52. The summed E-state index contributed by atoms with van der Waals surface area (Å²) < 4.78 is 1.90. The summed E-state index contributed by atoms with van der Waals surface area (Å²) in [6.07, 6.45) is 3.62. The number of imidazole rings is 1. The molecule has 0 spiro atoms. The molecule has 0 atom stereocenters. The molecular formula is C10H10ClN3. The Bertz CT molecular complexity index is 436. The third-order valence-electron chi connectivity index (χ3n) is 1.95. The van der Waals surface area contributed by atoms with Crippen LogP contribution in [0.25, 0.3) is 5.69 Å². The molecule has 2 aromatic rings. The van der Waals surface area contributed by atoms with E-state index in [0.717, 1.165) is 11.4 Å². The summed E-state index contributed by atoms with van der Waals surface area (Å²) in [5, 5.41) is 0.713. The minimum Gasteiger partial charge on any atom is -0.325 e. The molecule has 0 saturated heterocycles. The number of aromatic nitrogens is 2. The van der Waals surface area contributed by atoms with Crippen LogP contribution < -0.4 is 5.73 Å². The summed E-state index contributed by atoms with van der Waals surface area (Å²) in [6, 6.07) is 7.59. The van der Waals surface area contributed by atoms with Crippen LogP contribution in [0.3, 0.4) is 0 Å². The highest BCUT2D eigenvalue weighted by Gasteiger charge is 1.99. The van der Waals surface area contributed by atoms with Gasteiger partial charge in [-0.3, -0.25) is 0 Å². The van der Waals surface area contributed by atoms with Gasteiger partial charge in [-0.15, -0.1) is 0 Å². The number of nitrogens with zero attached hydrogens (tertiary/aromatic N) is 2. The van der Waals surface area contributed by atoms with Gasteiger partial charge in [0, 0.05) is 23.5 Å². The van der Waals surface area contributed by atoms with E-state index in [4.69, 9.17) is 17.3 Å². The predicted octanol–water partition coefficient (Wildman–Crippen LogP) is 1.98. The van der Waals surface area contributed by atoms with Gasteiger partial charge < -0.3 is 10.3 Å². The fourth-order valence-electron chi connectivity index (χ4n) is 1.25. The van der Waals surface area contributed by atoms with Crippen LogP contribution in [0.15, 0.2) is 36.8 Å². The molecule has 0 saturated carbocycles. The van der Waals surface area contributed by atoms with Crippen LogP contribution in [0.5, 0.6) is 0 Å². The first-order valence-electron chi connectivity index (χ1n) is 4.28. The monoisotopic (exact) mass is 207 g/mol. The summed E-state index contributed by atoms with van der Waals surface area (Å²) in [6.45, 7) is 0.452. The lowest BCUT2D eigenvalue weighted by molar-refractivity contribution is 1.01. The molecule has 0 radical (unpaired) electrons. The van der Waals surface area contributed by atoms with Gasteiger partial charge in [0.25, 0.3) is 0 Å². The largest absolute Gasteiger partial charge is 0.325 e. The third kappa shape index (κ3) is 1.78. The predicted molar refractivity (Wildman–Crippen MR) is 56.5 cm³/mol. The van der Waals surface area contributed by atoms with E-state index in [0.29, 0.717) is 11.6 Å². The Labute approximate surface area is 87.1 Å². The summed E-state index contributed by atoms with van der Waals surface area (Å²) in [7, 11) is 0. The standard InChI is InChI=1S/C10H10ClN3/c11-8-2-1-3-10(4-8)14-6-9(5-12)13-7-14/h1-4,6-7H,5,12H2. The molecule has 72 valence electrons. The molecule has 2 rings (SSSR count). The van der Waals surface area contributed by atoms with Crippen LogP contribution in [0.1, 0.15) is 5.69 Å². The normalized spacial score (nSPS) is 10.4. The van der Waals surface area contributed by atoms with Crippen LogP contribution in [0, 0.1) is 0 Å². The lowest BCUT2D eigenvalue weighted by Crippen LogP contribution is -1.95. The SMILES string of the molecule is NCc1cn(-c2cccc(Cl)c2)cn1. The maximum Gasteiger partial charge on any atom is 0.0995 e. The van der Waals surface area contributed by atoms with Gasteiger partial charge in [-0.2, -0.15) is 0 Å². The van der Waals surface area contributed by atoms with Gasteiger partial charge in [0.15, 0.2) is 0 Å². The molecular weight excluding hydrogens is 198 g/mol. The molecule has 3 nitrogen and oxygen atoms in total. The van der Waals surface area contributed by atoms with E-state index in [2.05, 4.69) is 4.98 Å². The molecule has 0 aliphatic carbocycles. The van der Waals surface area contributed by atoms with Gasteiger partial charge >= 0.3 is 0 Å². The number of halogens is 1. The molecule has 0 amide bonds. The zero-order chi connectivity index (χ0) is 9.97. The van der Waals surface area contributed by atoms with Crippen molar-refractivity contribution < 1.29 is 0 Å². The Morgan fingerprint density at radius 1 is 1.43 bits per heavy atom. The Morgan fingerprint density at radius 2 is 2.29 bits per heavy atom. The molecule has 0 bridgehead atoms. The Hall–Kier alpha value is -1.32. The number of hydrogen-bond donors (Lipinski definition) is 1. The van der Waals surface area contributed by atoms with Crippen molar-refractivity contribution >= 4 is 11.6 Å². The highest BCUT2D eigenvalue weighted by atomic mass is 35.5. The van der Waals surface area contributed by atoms with Gasteiger partial charge in [-0.25, -0.2) is 4.98 Å². The van der Waals surface area contributed by atoms with Crippen LogP contribution >= 0.6 is 11.6 Å². The van der Waals surface area contributed by atoms with E-state index in [1.165, 1.54) is 0 Å². The summed E-state index contributed by atoms with van der Waals surface area (Å²) in [4.78, 5) is 4.14. The van der Waals surface area contributed by atoms with E-state index >= 15 is 0 Å². The number of hydrogen-bond acceptors (Lipinski definition) is 2. The van der Waals surface area contributed by atoms with Gasteiger partial charge in [0.1, 0.15) is 0 Å². The van der Waals surface area contributed by atoms with E-state index in [1.54, 1.807) is 6.33 Å². The first kappa shape index (κ1) is 9.24. The molecule has 0 fully saturated rings. The van der Waals surface area contributed by atoms with Crippen molar-refractivity contribution in [3.8, 4) is 5.69 Å². The van der Waals surface area contributed by atoms with E-state index < -0.39 is 0 Å². The molecule has 4 heteroatoms. The van der Waals surface area contributed by atoms with Crippen molar-refractivity contribution in [1.29, 1.82) is 0 Å². The maximum absolute atomic E-state index is 5.88. The van der Waals surface area contributed by atoms with Crippen LogP contribution in [-0.2, 0) is 6.54 Å². The Balaban J connectivity index is 2.39. The average Bonchev–Trinajstić information content (AvgIpc) is 2.66. The van der Waals surface area contributed by atoms with Crippen molar-refractivity contribution in [2.24, 2.45) is 5.73 Å². The van der Waals surface area contributed by atoms with Gasteiger partial charge in [0.05, 0.1) is 12.0 Å². The van der Waals surface area contributed by atoms with Crippen molar-refractivity contribution in [3.63, 3.8) is 0 Å². The van der Waals surface area contributed by atoms with E-state index in [1.807, 2.05) is 35.0 Å². The first-order chi connectivity index (χ1) is 6.79. The summed E-state index contributed by atoms with van der Waals surface area (Å²) in [5.74, 6) is 0. The molecule has 0 aliphatic rings. The van der Waals surface area contributed by atoms with Crippen molar-refractivity contribution in [2.75, 3.05) is 0 Å². The van der Waals surface area contributed by atoms with Gasteiger partial charge in [-0.05, 0) is 18.2 Å². The van der Waals surface area contributed by atoms with Crippen LogP contribution in [-0.4, -0.2) is 9.55 Å². The fraction of sp³-hybridized carbons (Fsp3) is 0.100. The summed E-state index contributed by atoms with van der Waals surface area (Å²) >= 11 is 5.88. The minimum atomic E-state index is 0.452. The molecule has 1 aromatic heterocycles. The van der Waals surface area contributed by atoms with Crippen LogP contribution in [0.2, 0.25) is 5.02 Å². The van der Waals surface area contributed by atoms with E-state index in [9.17, 15) is 0 Å². The second-order valence-electron chi connectivity index (χ2n) is 2.96. The fourth-order valence-corrected chi connectivity index (χ4v) is 1.43. The lowest BCUT2D eigenvalue weighted by Gasteiger charge is -2.01. The molecule has 1 aromatic carbocycles.